The Morgan fingerprint density at radius 2 is 1.58 bits per heavy atom. The van der Waals surface area contributed by atoms with Gasteiger partial charge in [0.15, 0.2) is 0 Å². The molecule has 0 aliphatic heterocycles. The summed E-state index contributed by atoms with van der Waals surface area (Å²) in [6.07, 6.45) is 2.38. The van der Waals surface area contributed by atoms with Crippen LogP contribution in [0.2, 0.25) is 0 Å². The molecule has 0 bridgehead atoms. The highest BCUT2D eigenvalue weighted by atomic mass is 16.3. The van der Waals surface area contributed by atoms with Gasteiger partial charge in [-0.3, -0.25) is 0 Å². The van der Waals surface area contributed by atoms with Crippen LogP contribution in [0.4, 0.5) is 0 Å². The van der Waals surface area contributed by atoms with Gasteiger partial charge >= 0.3 is 0 Å². The summed E-state index contributed by atoms with van der Waals surface area (Å²) in [6.45, 7) is 8.60. The van der Waals surface area contributed by atoms with E-state index in [1.807, 2.05) is 24.3 Å². The SMILES string of the molecule is CC(C)CCc1cccc(-n2nc3ccccc3n2)c1CC(O)C(C)C. The third kappa shape index (κ3) is 4.13. The second-order valence-corrected chi connectivity index (χ2v) is 7.84. The lowest BCUT2D eigenvalue weighted by Crippen LogP contribution is -2.20. The molecule has 0 spiro atoms. The topological polar surface area (TPSA) is 50.9 Å². The fourth-order valence-corrected chi connectivity index (χ4v) is 3.13. The molecule has 2 aromatic carbocycles. The molecule has 0 amide bonds. The number of benzene rings is 2. The van der Waals surface area contributed by atoms with Crippen LogP contribution in [0.15, 0.2) is 42.5 Å². The highest BCUT2D eigenvalue weighted by molar-refractivity contribution is 5.73. The monoisotopic (exact) mass is 351 g/mol. The van der Waals surface area contributed by atoms with E-state index in [0.717, 1.165) is 35.1 Å². The Morgan fingerprint density at radius 3 is 2.15 bits per heavy atom. The van der Waals surface area contributed by atoms with E-state index in [1.165, 1.54) is 5.56 Å². The number of aliphatic hydroxyl groups is 1. The van der Waals surface area contributed by atoms with Crippen LogP contribution in [0.25, 0.3) is 16.7 Å². The van der Waals surface area contributed by atoms with Gasteiger partial charge in [-0.05, 0) is 54.0 Å². The second-order valence-electron chi connectivity index (χ2n) is 7.84. The summed E-state index contributed by atoms with van der Waals surface area (Å²) in [7, 11) is 0. The molecule has 4 heteroatoms. The molecule has 3 aromatic rings. The van der Waals surface area contributed by atoms with Gasteiger partial charge in [0.25, 0.3) is 0 Å². The minimum Gasteiger partial charge on any atom is -0.393 e. The van der Waals surface area contributed by atoms with Crippen LogP contribution in [-0.2, 0) is 12.8 Å². The maximum absolute atomic E-state index is 10.5. The maximum Gasteiger partial charge on any atom is 0.113 e. The largest absolute Gasteiger partial charge is 0.393 e. The Bertz CT molecular complexity index is 834. The van der Waals surface area contributed by atoms with Gasteiger partial charge in [0, 0.05) is 6.42 Å². The molecule has 0 fully saturated rings. The van der Waals surface area contributed by atoms with Gasteiger partial charge in [0.05, 0.1) is 11.8 Å². The van der Waals surface area contributed by atoms with E-state index in [1.54, 1.807) is 4.80 Å². The van der Waals surface area contributed by atoms with E-state index in [-0.39, 0.29) is 12.0 Å². The highest BCUT2D eigenvalue weighted by Crippen LogP contribution is 2.25. The lowest BCUT2D eigenvalue weighted by molar-refractivity contribution is 0.125. The van der Waals surface area contributed by atoms with Crippen molar-refractivity contribution in [2.24, 2.45) is 11.8 Å². The van der Waals surface area contributed by atoms with Crippen molar-refractivity contribution in [3.8, 4) is 5.69 Å². The number of aliphatic hydroxyl groups excluding tert-OH is 1. The van der Waals surface area contributed by atoms with Crippen molar-refractivity contribution >= 4 is 11.0 Å². The third-order valence-electron chi connectivity index (χ3n) is 4.92. The predicted octanol–water partition coefficient (Wildman–Crippen LogP) is 4.57. The molecule has 3 rings (SSSR count). The Hall–Kier alpha value is -2.20. The standard InChI is InChI=1S/C22H29N3O/c1-15(2)12-13-17-8-7-11-21(18(17)14-22(26)16(3)4)25-23-19-9-5-6-10-20(19)24-25/h5-11,15-16,22,26H,12-14H2,1-4H3. The van der Waals surface area contributed by atoms with Crippen molar-refractivity contribution < 1.29 is 5.11 Å². The van der Waals surface area contributed by atoms with Crippen LogP contribution in [0.1, 0.15) is 45.2 Å². The number of aromatic nitrogens is 3. The number of fused-ring (bicyclic) bond motifs is 1. The first kappa shape index (κ1) is 18.6. The van der Waals surface area contributed by atoms with Gasteiger partial charge in [0.2, 0.25) is 0 Å². The average Bonchev–Trinajstić information content (AvgIpc) is 3.04. The van der Waals surface area contributed by atoms with E-state index in [0.29, 0.717) is 12.3 Å². The first-order chi connectivity index (χ1) is 12.5. The lowest BCUT2D eigenvalue weighted by atomic mass is 9.91. The van der Waals surface area contributed by atoms with Crippen molar-refractivity contribution in [3.63, 3.8) is 0 Å². The van der Waals surface area contributed by atoms with Crippen LogP contribution in [-0.4, -0.2) is 26.2 Å². The van der Waals surface area contributed by atoms with Gasteiger partial charge < -0.3 is 5.11 Å². The molecule has 1 N–H and O–H groups in total. The summed E-state index contributed by atoms with van der Waals surface area (Å²) in [5.41, 5.74) is 5.19. The quantitative estimate of drug-likeness (QED) is 0.678. The average molecular weight is 351 g/mol. The van der Waals surface area contributed by atoms with Gasteiger partial charge in [0.1, 0.15) is 11.0 Å². The number of hydrogen-bond donors (Lipinski definition) is 1. The zero-order valence-electron chi connectivity index (χ0n) is 16.2. The fraction of sp³-hybridized carbons (Fsp3) is 0.455. The number of rotatable bonds is 7. The smallest absolute Gasteiger partial charge is 0.113 e. The number of hydrogen-bond acceptors (Lipinski definition) is 3. The van der Waals surface area contributed by atoms with E-state index >= 15 is 0 Å². The van der Waals surface area contributed by atoms with Crippen molar-refractivity contribution in [2.75, 3.05) is 0 Å². The van der Waals surface area contributed by atoms with E-state index in [4.69, 9.17) is 0 Å². The summed E-state index contributed by atoms with van der Waals surface area (Å²) in [6, 6.07) is 14.2. The van der Waals surface area contributed by atoms with Crippen molar-refractivity contribution in [1.29, 1.82) is 0 Å². The zero-order valence-corrected chi connectivity index (χ0v) is 16.2. The number of aryl methyl sites for hydroxylation is 1. The first-order valence-electron chi connectivity index (χ1n) is 9.57. The summed E-state index contributed by atoms with van der Waals surface area (Å²) in [4.78, 5) is 1.73. The van der Waals surface area contributed by atoms with Crippen molar-refractivity contribution in [1.82, 2.24) is 15.0 Å². The van der Waals surface area contributed by atoms with Crippen molar-refractivity contribution in [2.45, 2.75) is 53.1 Å². The molecule has 1 atom stereocenters. The normalized spacial score (nSPS) is 13.0. The minimum absolute atomic E-state index is 0.214. The van der Waals surface area contributed by atoms with Crippen LogP contribution in [0.3, 0.4) is 0 Å². The Labute approximate surface area is 155 Å². The molecule has 0 aliphatic carbocycles. The molecule has 0 saturated heterocycles. The fourth-order valence-electron chi connectivity index (χ4n) is 3.13. The molecule has 1 unspecified atom stereocenters. The minimum atomic E-state index is -0.376. The Morgan fingerprint density at radius 1 is 0.923 bits per heavy atom. The molecule has 138 valence electrons. The Kier molecular flexibility index (Phi) is 5.72. The molecular formula is C22H29N3O. The molecule has 4 nitrogen and oxygen atoms in total. The zero-order chi connectivity index (χ0) is 18.7. The van der Waals surface area contributed by atoms with E-state index in [9.17, 15) is 5.11 Å². The van der Waals surface area contributed by atoms with Gasteiger partial charge in [-0.2, -0.15) is 4.80 Å². The van der Waals surface area contributed by atoms with E-state index < -0.39 is 0 Å². The third-order valence-corrected chi connectivity index (χ3v) is 4.92. The summed E-state index contributed by atoms with van der Waals surface area (Å²) >= 11 is 0. The van der Waals surface area contributed by atoms with Crippen LogP contribution in [0, 0.1) is 11.8 Å². The summed E-state index contributed by atoms with van der Waals surface area (Å²) < 4.78 is 0. The maximum atomic E-state index is 10.5. The highest BCUT2D eigenvalue weighted by Gasteiger charge is 2.18. The lowest BCUT2D eigenvalue weighted by Gasteiger charge is -2.20. The van der Waals surface area contributed by atoms with Gasteiger partial charge in [-0.1, -0.05) is 52.0 Å². The van der Waals surface area contributed by atoms with Crippen LogP contribution < -0.4 is 0 Å². The van der Waals surface area contributed by atoms with Crippen LogP contribution >= 0.6 is 0 Å². The molecule has 0 saturated carbocycles. The van der Waals surface area contributed by atoms with Crippen LogP contribution in [0.5, 0.6) is 0 Å². The molecule has 26 heavy (non-hydrogen) atoms. The Balaban J connectivity index is 2.05. The first-order valence-corrected chi connectivity index (χ1v) is 9.57. The molecule has 0 aliphatic rings. The second kappa shape index (κ2) is 8.00. The molecular weight excluding hydrogens is 322 g/mol. The molecule has 1 aromatic heterocycles. The molecule has 0 radical (unpaired) electrons. The van der Waals surface area contributed by atoms with Gasteiger partial charge in [-0.25, -0.2) is 0 Å². The number of nitrogens with zero attached hydrogens (tertiary/aromatic N) is 3. The van der Waals surface area contributed by atoms with Gasteiger partial charge in [-0.15, -0.1) is 10.2 Å². The molecule has 1 heterocycles. The van der Waals surface area contributed by atoms with Crippen molar-refractivity contribution in [3.05, 3.63) is 53.6 Å². The summed E-state index contributed by atoms with van der Waals surface area (Å²) in [5, 5.41) is 19.9. The summed E-state index contributed by atoms with van der Waals surface area (Å²) in [5.74, 6) is 0.859. The van der Waals surface area contributed by atoms with E-state index in [2.05, 4.69) is 56.1 Å². The predicted molar refractivity (Wildman–Crippen MR) is 107 cm³/mol.